The van der Waals surface area contributed by atoms with E-state index < -0.39 is 11.4 Å². The summed E-state index contributed by atoms with van der Waals surface area (Å²) in [5.41, 5.74) is 2.00. The van der Waals surface area contributed by atoms with Gasteiger partial charge in [0.25, 0.3) is 0 Å². The highest BCUT2D eigenvalue weighted by atomic mass is 16.5. The minimum Gasteiger partial charge on any atom is -0.495 e. The predicted octanol–water partition coefficient (Wildman–Crippen LogP) is 3.95. The number of rotatable bonds is 5. The van der Waals surface area contributed by atoms with Crippen molar-refractivity contribution in [1.82, 2.24) is 0 Å². The molecule has 0 radical (unpaired) electrons. The van der Waals surface area contributed by atoms with Crippen LogP contribution in [0.5, 0.6) is 5.75 Å². The minimum absolute atomic E-state index is 0.678. The summed E-state index contributed by atoms with van der Waals surface area (Å²) in [6.45, 7) is 0. The summed E-state index contributed by atoms with van der Waals surface area (Å²) in [5.74, 6) is 0.0526. The lowest BCUT2D eigenvalue weighted by atomic mass is 9.64. The maximum absolute atomic E-state index is 11.5. The second kappa shape index (κ2) is 5.72. The van der Waals surface area contributed by atoms with Crippen molar-refractivity contribution in [2.45, 2.75) is 24.7 Å². The quantitative estimate of drug-likeness (QED) is 0.877. The van der Waals surface area contributed by atoms with E-state index in [-0.39, 0.29) is 0 Å². The lowest BCUT2D eigenvalue weighted by Crippen LogP contribution is -2.42. The molecular weight excluding hydrogens is 278 g/mol. The zero-order chi connectivity index (χ0) is 15.6. The molecule has 1 aliphatic rings. The molecule has 0 unspecified atom stereocenters. The van der Waals surface area contributed by atoms with Crippen molar-refractivity contribution < 1.29 is 14.6 Å². The van der Waals surface area contributed by atoms with Gasteiger partial charge in [0.2, 0.25) is 0 Å². The fraction of sp³-hybridized carbons (Fsp3) is 0.278. The number of ether oxygens (including phenoxy) is 1. The van der Waals surface area contributed by atoms with Gasteiger partial charge in [-0.25, -0.2) is 0 Å². The highest BCUT2D eigenvalue weighted by Crippen LogP contribution is 2.44. The number of aliphatic carboxylic acids is 1. The number of carboxylic acids is 1. The molecule has 1 aliphatic carbocycles. The van der Waals surface area contributed by atoms with Crippen LogP contribution in [-0.2, 0) is 10.2 Å². The molecule has 0 amide bonds. The summed E-state index contributed by atoms with van der Waals surface area (Å²) in [5, 5.41) is 12.8. The van der Waals surface area contributed by atoms with Crippen LogP contribution in [0.15, 0.2) is 48.5 Å². The molecule has 2 N–H and O–H groups in total. The Morgan fingerprint density at radius 2 is 1.82 bits per heavy atom. The van der Waals surface area contributed by atoms with Gasteiger partial charge in [-0.3, -0.25) is 4.79 Å². The topological polar surface area (TPSA) is 58.6 Å². The van der Waals surface area contributed by atoms with Gasteiger partial charge in [0.05, 0.1) is 18.2 Å². The lowest BCUT2D eigenvalue weighted by Gasteiger charge is -2.38. The van der Waals surface area contributed by atoms with E-state index in [1.165, 1.54) is 0 Å². The Kier molecular flexibility index (Phi) is 3.75. The number of nitrogens with one attached hydrogen (secondary N) is 1. The molecule has 1 saturated carbocycles. The zero-order valence-corrected chi connectivity index (χ0v) is 12.5. The largest absolute Gasteiger partial charge is 0.495 e. The van der Waals surface area contributed by atoms with Crippen molar-refractivity contribution in [3.63, 3.8) is 0 Å². The van der Waals surface area contributed by atoms with Crippen molar-refractivity contribution in [2.75, 3.05) is 12.4 Å². The normalized spacial score (nSPS) is 15.7. The summed E-state index contributed by atoms with van der Waals surface area (Å²) in [6.07, 6.45) is 2.43. The van der Waals surface area contributed by atoms with Gasteiger partial charge < -0.3 is 15.2 Å². The van der Waals surface area contributed by atoms with E-state index >= 15 is 0 Å². The van der Waals surface area contributed by atoms with Crippen LogP contribution in [-0.4, -0.2) is 18.2 Å². The van der Waals surface area contributed by atoms with Crippen molar-refractivity contribution >= 4 is 17.3 Å². The molecule has 0 aliphatic heterocycles. The van der Waals surface area contributed by atoms with Crippen molar-refractivity contribution in [3.05, 3.63) is 54.1 Å². The number of hydrogen-bond donors (Lipinski definition) is 2. The molecule has 22 heavy (non-hydrogen) atoms. The van der Waals surface area contributed by atoms with Crippen LogP contribution in [0.4, 0.5) is 11.4 Å². The standard InChI is InChI=1S/C18H19NO3/c1-22-16-6-3-2-5-15(16)19-14-9-7-13(8-10-14)18(17(20)21)11-4-12-18/h2-3,5-10,19H,4,11-12H2,1H3,(H,20,21). The summed E-state index contributed by atoms with van der Waals surface area (Å²) in [7, 11) is 1.64. The average molecular weight is 297 g/mol. The third-order valence-corrected chi connectivity index (χ3v) is 4.44. The van der Waals surface area contributed by atoms with E-state index in [9.17, 15) is 9.90 Å². The average Bonchev–Trinajstić information content (AvgIpc) is 2.48. The molecule has 114 valence electrons. The van der Waals surface area contributed by atoms with Gasteiger partial charge in [-0.05, 0) is 42.7 Å². The minimum atomic E-state index is -0.718. The lowest BCUT2D eigenvalue weighted by molar-refractivity contribution is -0.147. The van der Waals surface area contributed by atoms with E-state index in [2.05, 4.69) is 5.32 Å². The first-order chi connectivity index (χ1) is 10.7. The van der Waals surface area contributed by atoms with Crippen molar-refractivity contribution in [2.24, 2.45) is 0 Å². The van der Waals surface area contributed by atoms with E-state index in [1.807, 2.05) is 48.5 Å². The molecule has 2 aromatic carbocycles. The first kappa shape index (κ1) is 14.4. The molecule has 0 saturated heterocycles. The van der Waals surface area contributed by atoms with Crippen molar-refractivity contribution in [3.8, 4) is 5.75 Å². The van der Waals surface area contributed by atoms with Crippen LogP contribution in [0, 0.1) is 0 Å². The Morgan fingerprint density at radius 3 is 2.36 bits per heavy atom. The van der Waals surface area contributed by atoms with Crippen LogP contribution in [0.2, 0.25) is 0 Å². The molecule has 0 bridgehead atoms. The van der Waals surface area contributed by atoms with Gasteiger partial charge in [0.1, 0.15) is 5.75 Å². The third-order valence-electron chi connectivity index (χ3n) is 4.44. The van der Waals surface area contributed by atoms with E-state index in [1.54, 1.807) is 7.11 Å². The second-order valence-corrected chi connectivity index (χ2v) is 5.64. The number of methoxy groups -OCH3 is 1. The van der Waals surface area contributed by atoms with Gasteiger partial charge in [0.15, 0.2) is 0 Å². The van der Waals surface area contributed by atoms with Gasteiger partial charge in [0, 0.05) is 5.69 Å². The van der Waals surface area contributed by atoms with Gasteiger partial charge in [-0.15, -0.1) is 0 Å². The number of carboxylic acid groups (broad SMARTS) is 1. The van der Waals surface area contributed by atoms with E-state index in [4.69, 9.17) is 4.74 Å². The first-order valence-corrected chi connectivity index (χ1v) is 7.40. The zero-order valence-electron chi connectivity index (χ0n) is 12.5. The number of carbonyl (C=O) groups is 1. The Labute approximate surface area is 129 Å². The van der Waals surface area contributed by atoms with Crippen LogP contribution in [0.1, 0.15) is 24.8 Å². The molecule has 1 fully saturated rings. The molecular formula is C18H19NO3. The first-order valence-electron chi connectivity index (χ1n) is 7.40. The molecule has 2 aromatic rings. The summed E-state index contributed by atoms with van der Waals surface area (Å²) in [6, 6.07) is 15.3. The molecule has 4 heteroatoms. The molecule has 0 atom stereocenters. The Morgan fingerprint density at radius 1 is 1.14 bits per heavy atom. The molecule has 4 nitrogen and oxygen atoms in total. The monoisotopic (exact) mass is 297 g/mol. The Bertz CT molecular complexity index is 675. The number of hydrogen-bond acceptors (Lipinski definition) is 3. The molecule has 0 heterocycles. The van der Waals surface area contributed by atoms with Crippen LogP contribution < -0.4 is 10.1 Å². The van der Waals surface area contributed by atoms with Gasteiger partial charge in [-0.2, -0.15) is 0 Å². The summed E-state index contributed by atoms with van der Waals surface area (Å²) in [4.78, 5) is 11.5. The van der Waals surface area contributed by atoms with Gasteiger partial charge >= 0.3 is 5.97 Å². The number of para-hydroxylation sites is 2. The van der Waals surface area contributed by atoms with E-state index in [0.717, 1.165) is 42.0 Å². The molecule has 3 rings (SSSR count). The van der Waals surface area contributed by atoms with Gasteiger partial charge in [-0.1, -0.05) is 30.7 Å². The Balaban J connectivity index is 1.81. The Hall–Kier alpha value is -2.49. The highest BCUT2D eigenvalue weighted by molar-refractivity contribution is 5.83. The number of benzene rings is 2. The van der Waals surface area contributed by atoms with Crippen LogP contribution >= 0.6 is 0 Å². The summed E-state index contributed by atoms with van der Waals surface area (Å²) >= 11 is 0. The molecule has 0 aromatic heterocycles. The van der Waals surface area contributed by atoms with E-state index in [0.29, 0.717) is 0 Å². The summed E-state index contributed by atoms with van der Waals surface area (Å²) < 4.78 is 5.31. The van der Waals surface area contributed by atoms with Crippen molar-refractivity contribution in [1.29, 1.82) is 0 Å². The maximum Gasteiger partial charge on any atom is 0.314 e. The highest BCUT2D eigenvalue weighted by Gasteiger charge is 2.45. The predicted molar refractivity (Wildman–Crippen MR) is 85.9 cm³/mol. The maximum atomic E-state index is 11.5. The molecule has 0 spiro atoms. The van der Waals surface area contributed by atoms with Crippen LogP contribution in [0.3, 0.4) is 0 Å². The second-order valence-electron chi connectivity index (χ2n) is 5.64. The fourth-order valence-electron chi connectivity index (χ4n) is 2.93. The third kappa shape index (κ3) is 2.41. The smallest absolute Gasteiger partial charge is 0.314 e. The number of anilines is 2. The van der Waals surface area contributed by atoms with Crippen LogP contribution in [0.25, 0.3) is 0 Å². The fourth-order valence-corrected chi connectivity index (χ4v) is 2.93. The SMILES string of the molecule is COc1ccccc1Nc1ccc(C2(C(=O)O)CCC2)cc1.